The lowest BCUT2D eigenvalue weighted by molar-refractivity contribution is 0.332. The van der Waals surface area contributed by atoms with Crippen LogP contribution in [0.4, 0.5) is 11.4 Å². The first kappa shape index (κ1) is 42.5. The lowest BCUT2D eigenvalue weighted by atomic mass is 9.58. The van der Waals surface area contributed by atoms with Gasteiger partial charge >= 0.3 is 0 Å². The van der Waals surface area contributed by atoms with E-state index < -0.39 is 0 Å². The first-order valence-corrected chi connectivity index (χ1v) is 26.9. The molecule has 0 radical (unpaired) electrons. The lowest BCUT2D eigenvalue weighted by Crippen LogP contribution is -2.37. The Labute approximate surface area is 418 Å². The van der Waals surface area contributed by atoms with E-state index in [1.807, 2.05) is 22.7 Å². The molecule has 0 spiro atoms. The second kappa shape index (κ2) is 14.2. The van der Waals surface area contributed by atoms with Crippen LogP contribution in [0.3, 0.4) is 0 Å². The Hall–Kier alpha value is -6.34. The fraction of sp³-hybridized carbons (Fsp3) is 0.250. The van der Waals surface area contributed by atoms with Crippen molar-refractivity contribution in [1.29, 1.82) is 0 Å². The van der Waals surface area contributed by atoms with Gasteiger partial charge in [-0.1, -0.05) is 135 Å². The summed E-state index contributed by atoms with van der Waals surface area (Å²) in [6.45, 7) is 23.6. The highest BCUT2D eigenvalue weighted by Crippen LogP contribution is 2.52. The minimum atomic E-state index is -0.00929. The van der Waals surface area contributed by atoms with Crippen LogP contribution in [-0.2, 0) is 21.7 Å². The van der Waals surface area contributed by atoms with Crippen molar-refractivity contribution in [1.82, 2.24) is 4.57 Å². The summed E-state index contributed by atoms with van der Waals surface area (Å²) in [5, 5.41) is 14.5. The average molecular weight is 945 g/mol. The van der Waals surface area contributed by atoms with E-state index in [0.717, 1.165) is 42.7 Å². The Morgan fingerprint density at radius 1 is 0.571 bits per heavy atom. The van der Waals surface area contributed by atoms with E-state index in [9.17, 15) is 0 Å². The van der Waals surface area contributed by atoms with Crippen LogP contribution in [0.25, 0.3) is 101 Å². The molecule has 2 aliphatic rings. The number of fused-ring (bicyclic) bond motifs is 16. The molecule has 0 saturated carbocycles. The number of nitrogens with one attached hydrogen (secondary N) is 1. The first-order chi connectivity index (χ1) is 33.4. The minimum absolute atomic E-state index is 0.00929. The smallest absolute Gasteiger partial charge is 0.198 e. The zero-order valence-electron chi connectivity index (χ0n) is 41.9. The summed E-state index contributed by atoms with van der Waals surface area (Å²) in [6, 6.07) is 49.2. The zero-order valence-corrected chi connectivity index (χ0v) is 43.6. The number of thiophene rings is 2. The summed E-state index contributed by atoms with van der Waals surface area (Å²) in [6.07, 6.45) is 2.32. The molecule has 5 heterocycles. The molecule has 0 unspecified atom stereocenters. The van der Waals surface area contributed by atoms with E-state index in [1.165, 1.54) is 123 Å². The molecule has 0 atom stereocenters. The van der Waals surface area contributed by atoms with Crippen molar-refractivity contribution in [3.05, 3.63) is 150 Å². The maximum atomic E-state index is 7.07. The number of rotatable bonds is 3. The highest BCUT2D eigenvalue weighted by molar-refractivity contribution is 7.27. The molecule has 0 bridgehead atoms. The molecule has 4 aromatic heterocycles. The topological polar surface area (TPSA) is 30.1 Å². The van der Waals surface area contributed by atoms with Gasteiger partial charge in [-0.15, -0.1) is 22.7 Å². The van der Waals surface area contributed by atoms with Crippen molar-refractivity contribution >= 4 is 136 Å². The summed E-state index contributed by atoms with van der Waals surface area (Å²) in [7, 11) is 0.810. The molecule has 0 fully saturated rings. The van der Waals surface area contributed by atoms with Gasteiger partial charge < -0.3 is 14.3 Å². The second-order valence-corrected chi connectivity index (χ2v) is 26.2. The van der Waals surface area contributed by atoms with Crippen molar-refractivity contribution in [3.63, 3.8) is 0 Å². The summed E-state index contributed by atoms with van der Waals surface area (Å²) < 4.78 is 15.1. The van der Waals surface area contributed by atoms with Gasteiger partial charge in [-0.2, -0.15) is 0 Å². The van der Waals surface area contributed by atoms with Crippen LogP contribution >= 0.6 is 22.7 Å². The average Bonchev–Trinajstić information content (AvgIpc) is 4.08. The van der Waals surface area contributed by atoms with Crippen LogP contribution in [0.5, 0.6) is 0 Å². The van der Waals surface area contributed by atoms with Gasteiger partial charge in [0.1, 0.15) is 11.2 Å². The predicted molar refractivity (Wildman–Crippen MR) is 308 cm³/mol. The van der Waals surface area contributed by atoms with E-state index in [2.05, 4.69) is 207 Å². The Kier molecular flexibility index (Phi) is 8.61. The maximum absolute atomic E-state index is 7.07. The first-order valence-electron chi connectivity index (χ1n) is 25.2. The third-order valence-corrected chi connectivity index (χ3v) is 18.9. The minimum Gasteiger partial charge on any atom is -0.456 e. The van der Waals surface area contributed by atoms with Crippen LogP contribution in [-0.4, -0.2) is 11.8 Å². The molecule has 0 saturated heterocycles. The Balaban J connectivity index is 1.15. The van der Waals surface area contributed by atoms with Gasteiger partial charge in [-0.05, 0) is 134 Å². The molecule has 1 N–H and O–H groups in total. The Morgan fingerprint density at radius 3 is 1.94 bits per heavy atom. The van der Waals surface area contributed by atoms with E-state index in [-0.39, 0.29) is 21.7 Å². The molecule has 14 rings (SSSR count). The molecule has 8 aromatic carbocycles. The number of nitrogens with zero attached hydrogens (tertiary/aromatic N) is 1. The lowest BCUT2D eigenvalue weighted by Gasteiger charge is -2.41. The van der Waals surface area contributed by atoms with Gasteiger partial charge in [-0.25, -0.2) is 0 Å². The molecular weight excluding hydrogens is 888 g/mol. The number of hydrogen-bond donors (Lipinski definition) is 1. The van der Waals surface area contributed by atoms with Crippen LogP contribution in [0.1, 0.15) is 104 Å². The number of benzene rings is 8. The highest BCUT2D eigenvalue weighted by Gasteiger charge is 2.38. The number of anilines is 2. The summed E-state index contributed by atoms with van der Waals surface area (Å²) >= 11 is 3.87. The molecule has 1 aliphatic carbocycles. The SMILES string of the molecule is CC(C)(C)c1ccc(Nc2cc3oc4cc5c(cc4c3cc2-c2c3c4c(c6cc(C(C)(C)C)ccc6n4-c4cc6sc7ccccc7c6cc4B3)c3sc4ccccc4c23)C(C)(C)CCC5(C)C)cc1. The van der Waals surface area contributed by atoms with Crippen molar-refractivity contribution in [2.24, 2.45) is 0 Å². The number of aromatic nitrogens is 1. The van der Waals surface area contributed by atoms with Crippen LogP contribution in [0.2, 0.25) is 0 Å². The number of furan rings is 1. The molecule has 1 aliphatic heterocycles. The van der Waals surface area contributed by atoms with E-state index in [1.54, 1.807) is 0 Å². The monoisotopic (exact) mass is 944 g/mol. The molecule has 12 aromatic rings. The van der Waals surface area contributed by atoms with E-state index >= 15 is 0 Å². The normalized spacial score (nSPS) is 15.5. The molecule has 3 nitrogen and oxygen atoms in total. The summed E-state index contributed by atoms with van der Waals surface area (Å²) in [5.41, 5.74) is 18.9. The molecule has 344 valence electrons. The molecule has 0 amide bonds. The largest absolute Gasteiger partial charge is 0.456 e. The van der Waals surface area contributed by atoms with Gasteiger partial charge in [0.05, 0.1) is 16.7 Å². The quantitative estimate of drug-likeness (QED) is 0.179. The van der Waals surface area contributed by atoms with Crippen molar-refractivity contribution in [2.75, 3.05) is 5.32 Å². The van der Waals surface area contributed by atoms with Crippen LogP contribution in [0, 0.1) is 0 Å². The standard InChI is InChI=1S/C64H57BN2OS2/c1-61(2,3)34-19-22-36(23-20-34)66-47-32-51-39(40-29-44-45(31-50(40)68-51)64(9,10)26-25-63(44,7)8)28-42(47)55-56-38-16-12-14-18-53(38)70-60(56)57-43-27-35(62(4,5)6)21-24-48(43)67-49-33-54-41(30-46(49)65-58(55)59(57)67)37-15-11-13-17-52(37)69-54/h11-24,27-33,65-66H,25-26H2,1-10H3. The third-order valence-electron chi connectivity index (χ3n) is 16.6. The number of hydrogen-bond acceptors (Lipinski definition) is 4. The van der Waals surface area contributed by atoms with Gasteiger partial charge in [0, 0.05) is 79.5 Å². The highest BCUT2D eigenvalue weighted by atomic mass is 32.1. The summed E-state index contributed by atoms with van der Waals surface area (Å²) in [5.74, 6) is 0. The fourth-order valence-corrected chi connectivity index (χ4v) is 14.9. The summed E-state index contributed by atoms with van der Waals surface area (Å²) in [4.78, 5) is 0. The fourth-order valence-electron chi connectivity index (χ4n) is 12.5. The van der Waals surface area contributed by atoms with Crippen molar-refractivity contribution in [3.8, 4) is 16.8 Å². The van der Waals surface area contributed by atoms with Crippen LogP contribution < -0.4 is 16.2 Å². The maximum Gasteiger partial charge on any atom is 0.198 e. The second-order valence-electron chi connectivity index (χ2n) is 24.1. The molecular formula is C64H57BN2OS2. The Bertz CT molecular complexity index is 4250. The predicted octanol–water partition coefficient (Wildman–Crippen LogP) is 17.5. The molecule has 70 heavy (non-hydrogen) atoms. The Morgan fingerprint density at radius 2 is 1.21 bits per heavy atom. The van der Waals surface area contributed by atoms with E-state index in [0.29, 0.717) is 0 Å². The third kappa shape index (κ3) is 6.05. The molecule has 6 heteroatoms. The van der Waals surface area contributed by atoms with Gasteiger partial charge in [0.15, 0.2) is 7.28 Å². The van der Waals surface area contributed by atoms with Crippen molar-refractivity contribution < 1.29 is 4.42 Å². The zero-order chi connectivity index (χ0) is 48.0. The van der Waals surface area contributed by atoms with Crippen molar-refractivity contribution in [2.45, 2.75) is 104 Å². The van der Waals surface area contributed by atoms with Gasteiger partial charge in [0.25, 0.3) is 0 Å². The van der Waals surface area contributed by atoms with Gasteiger partial charge in [-0.3, -0.25) is 0 Å². The van der Waals surface area contributed by atoms with Crippen LogP contribution in [0.15, 0.2) is 132 Å². The van der Waals surface area contributed by atoms with Gasteiger partial charge in [0.2, 0.25) is 0 Å². The van der Waals surface area contributed by atoms with E-state index in [4.69, 9.17) is 4.42 Å².